The predicted molar refractivity (Wildman–Crippen MR) is 99.1 cm³/mol. The van der Waals surface area contributed by atoms with Crippen molar-refractivity contribution in [2.45, 2.75) is 90.5 Å². The minimum absolute atomic E-state index is 0.0194. The number of unbranched alkanes of at least 4 members (excludes halogenated alkanes) is 3. The maximum atomic E-state index is 6.93. The van der Waals surface area contributed by atoms with Gasteiger partial charge in [-0.2, -0.15) is 0 Å². The van der Waals surface area contributed by atoms with Crippen LogP contribution in [0.5, 0.6) is 0 Å². The van der Waals surface area contributed by atoms with Crippen molar-refractivity contribution in [3.63, 3.8) is 0 Å². The van der Waals surface area contributed by atoms with Gasteiger partial charge in [0.2, 0.25) is 0 Å². The van der Waals surface area contributed by atoms with Gasteiger partial charge in [0.1, 0.15) is 0 Å². The molecule has 0 aliphatic heterocycles. The van der Waals surface area contributed by atoms with E-state index in [1.807, 2.05) is 0 Å². The van der Waals surface area contributed by atoms with Gasteiger partial charge in [-0.25, -0.2) is 0 Å². The molecule has 0 aromatic heterocycles. The summed E-state index contributed by atoms with van der Waals surface area (Å²) in [5, 5.41) is 0. The molecule has 0 saturated heterocycles. The van der Waals surface area contributed by atoms with Gasteiger partial charge >= 0.3 is 0 Å². The minimum atomic E-state index is 0.0194. The average Bonchev–Trinajstić information content (AvgIpc) is 2.52. The fraction of sp³-hybridized carbons (Fsp3) is 0.714. The van der Waals surface area contributed by atoms with Crippen LogP contribution < -0.4 is 5.73 Å². The normalized spacial score (nSPS) is 13.3. The molecule has 1 atom stereocenters. The van der Waals surface area contributed by atoms with Gasteiger partial charge in [0, 0.05) is 5.54 Å². The third-order valence-electron chi connectivity index (χ3n) is 4.98. The third-order valence-corrected chi connectivity index (χ3v) is 4.98. The van der Waals surface area contributed by atoms with E-state index in [-0.39, 0.29) is 5.54 Å². The minimum Gasteiger partial charge on any atom is -0.325 e. The molecule has 1 unspecified atom stereocenters. The Morgan fingerprint density at radius 2 is 1.50 bits per heavy atom. The summed E-state index contributed by atoms with van der Waals surface area (Å²) in [6, 6.07) is 10.9. The van der Waals surface area contributed by atoms with Gasteiger partial charge in [-0.1, -0.05) is 89.6 Å². The van der Waals surface area contributed by atoms with Gasteiger partial charge in [-0.05, 0) is 37.2 Å². The first-order chi connectivity index (χ1) is 10.7. The van der Waals surface area contributed by atoms with Gasteiger partial charge in [0.25, 0.3) is 0 Å². The maximum Gasteiger partial charge on any atom is 0.0185 e. The Hall–Kier alpha value is -0.820. The van der Waals surface area contributed by atoms with E-state index in [9.17, 15) is 0 Å². The first-order valence-electron chi connectivity index (χ1n) is 9.49. The van der Waals surface area contributed by atoms with Crippen LogP contribution in [0.4, 0.5) is 0 Å². The summed E-state index contributed by atoms with van der Waals surface area (Å²) in [5.74, 6) is 0.617. The summed E-state index contributed by atoms with van der Waals surface area (Å²) < 4.78 is 0. The molecule has 1 rings (SSSR count). The van der Waals surface area contributed by atoms with E-state index in [1.165, 1.54) is 50.5 Å². The predicted octanol–water partition coefficient (Wildman–Crippen LogP) is 6.11. The van der Waals surface area contributed by atoms with Gasteiger partial charge in [-0.3, -0.25) is 0 Å². The molecule has 0 saturated carbocycles. The summed E-state index contributed by atoms with van der Waals surface area (Å²) in [4.78, 5) is 0. The lowest BCUT2D eigenvalue weighted by molar-refractivity contribution is 0.211. The average molecular weight is 304 g/mol. The Bertz CT molecular complexity index is 365. The van der Waals surface area contributed by atoms with E-state index in [0.717, 1.165) is 19.3 Å². The smallest absolute Gasteiger partial charge is 0.0185 e. The lowest BCUT2D eigenvalue weighted by Crippen LogP contribution is -2.48. The molecule has 0 heterocycles. The fourth-order valence-electron chi connectivity index (χ4n) is 3.77. The van der Waals surface area contributed by atoms with Gasteiger partial charge in [-0.15, -0.1) is 0 Å². The van der Waals surface area contributed by atoms with Crippen LogP contribution in [0.25, 0.3) is 0 Å². The monoisotopic (exact) mass is 303 g/mol. The van der Waals surface area contributed by atoms with Crippen LogP contribution in [0.2, 0.25) is 0 Å². The van der Waals surface area contributed by atoms with Crippen LogP contribution in [0, 0.1) is 5.92 Å². The highest BCUT2D eigenvalue weighted by atomic mass is 14.8. The first kappa shape index (κ1) is 19.2. The summed E-state index contributed by atoms with van der Waals surface area (Å²) >= 11 is 0. The van der Waals surface area contributed by atoms with E-state index in [4.69, 9.17) is 5.73 Å². The molecule has 0 radical (unpaired) electrons. The lowest BCUT2D eigenvalue weighted by Gasteiger charge is -2.38. The summed E-state index contributed by atoms with van der Waals surface area (Å²) in [6.45, 7) is 6.82. The van der Waals surface area contributed by atoms with Crippen molar-refractivity contribution in [3.05, 3.63) is 35.9 Å². The highest BCUT2D eigenvalue weighted by Gasteiger charge is 2.32. The third kappa shape index (κ3) is 6.52. The van der Waals surface area contributed by atoms with Crippen molar-refractivity contribution in [2.75, 3.05) is 0 Å². The zero-order valence-electron chi connectivity index (χ0n) is 15.1. The fourth-order valence-corrected chi connectivity index (χ4v) is 3.77. The van der Waals surface area contributed by atoms with Crippen LogP contribution in [-0.2, 0) is 6.42 Å². The Morgan fingerprint density at radius 1 is 0.864 bits per heavy atom. The van der Waals surface area contributed by atoms with Gasteiger partial charge in [0.15, 0.2) is 0 Å². The van der Waals surface area contributed by atoms with Crippen molar-refractivity contribution in [2.24, 2.45) is 11.7 Å². The van der Waals surface area contributed by atoms with E-state index in [0.29, 0.717) is 5.92 Å². The van der Waals surface area contributed by atoms with E-state index < -0.39 is 0 Å². The van der Waals surface area contributed by atoms with E-state index in [1.54, 1.807) is 0 Å². The van der Waals surface area contributed by atoms with Gasteiger partial charge < -0.3 is 5.73 Å². The molecule has 0 bridgehead atoms. The summed E-state index contributed by atoms with van der Waals surface area (Å²) in [5.41, 5.74) is 8.39. The van der Waals surface area contributed by atoms with E-state index >= 15 is 0 Å². The molecule has 0 aliphatic rings. The van der Waals surface area contributed by atoms with Crippen molar-refractivity contribution >= 4 is 0 Å². The molecule has 1 nitrogen and oxygen atoms in total. The Labute approximate surface area is 138 Å². The first-order valence-corrected chi connectivity index (χ1v) is 9.49. The quantitative estimate of drug-likeness (QED) is 0.463. The number of hydrogen-bond acceptors (Lipinski definition) is 1. The molecule has 2 N–H and O–H groups in total. The standard InChI is InChI=1S/C21H37N/c1-4-7-8-12-15-20(18-19-13-10-9-11-14-19)21(22,16-5-2)17-6-3/h9-11,13-14,20H,4-8,12,15-18,22H2,1-3H3. The highest BCUT2D eigenvalue weighted by Crippen LogP contribution is 2.32. The highest BCUT2D eigenvalue weighted by molar-refractivity contribution is 5.16. The van der Waals surface area contributed by atoms with Crippen molar-refractivity contribution in [1.82, 2.24) is 0 Å². The molecule has 0 amide bonds. The largest absolute Gasteiger partial charge is 0.325 e. The van der Waals surface area contributed by atoms with Crippen LogP contribution in [0.1, 0.15) is 84.1 Å². The summed E-state index contributed by atoms with van der Waals surface area (Å²) in [7, 11) is 0. The molecular formula is C21H37N. The zero-order chi connectivity index (χ0) is 16.3. The zero-order valence-corrected chi connectivity index (χ0v) is 15.1. The van der Waals surface area contributed by atoms with Crippen molar-refractivity contribution in [3.8, 4) is 0 Å². The van der Waals surface area contributed by atoms with Crippen molar-refractivity contribution in [1.29, 1.82) is 0 Å². The Morgan fingerprint density at radius 3 is 2.05 bits per heavy atom. The SMILES string of the molecule is CCCCCCC(Cc1ccccc1)C(N)(CCC)CCC. The number of benzene rings is 1. The second-order valence-electron chi connectivity index (χ2n) is 6.97. The lowest BCUT2D eigenvalue weighted by atomic mass is 9.72. The van der Waals surface area contributed by atoms with Crippen LogP contribution >= 0.6 is 0 Å². The van der Waals surface area contributed by atoms with Crippen LogP contribution in [0.3, 0.4) is 0 Å². The molecule has 0 spiro atoms. The molecule has 0 aliphatic carbocycles. The maximum absolute atomic E-state index is 6.93. The number of rotatable bonds is 12. The van der Waals surface area contributed by atoms with Crippen LogP contribution in [-0.4, -0.2) is 5.54 Å². The second kappa shape index (κ2) is 10.8. The van der Waals surface area contributed by atoms with Gasteiger partial charge in [0.05, 0.1) is 0 Å². The van der Waals surface area contributed by atoms with Crippen LogP contribution in [0.15, 0.2) is 30.3 Å². The number of hydrogen-bond donors (Lipinski definition) is 1. The molecule has 1 aromatic rings. The molecule has 1 aromatic carbocycles. The van der Waals surface area contributed by atoms with Crippen molar-refractivity contribution < 1.29 is 0 Å². The van der Waals surface area contributed by atoms with E-state index in [2.05, 4.69) is 51.1 Å². The number of nitrogens with two attached hydrogens (primary N) is 1. The second-order valence-corrected chi connectivity index (χ2v) is 6.97. The Balaban J connectivity index is 2.78. The molecule has 0 fully saturated rings. The topological polar surface area (TPSA) is 26.0 Å². The Kier molecular flexibility index (Phi) is 9.47. The molecular weight excluding hydrogens is 266 g/mol. The molecule has 126 valence electrons. The molecule has 22 heavy (non-hydrogen) atoms. The molecule has 1 heteroatoms. The summed E-state index contributed by atoms with van der Waals surface area (Å²) in [6.07, 6.45) is 12.5.